The summed E-state index contributed by atoms with van der Waals surface area (Å²) in [5.74, 6) is 4.06. The lowest BCUT2D eigenvalue weighted by molar-refractivity contribution is 0.0503. The molecule has 0 amide bonds. The molecule has 4 N–H and O–H groups in total. The standard InChI is InChI=1S/C7H8BNO5/c9-14-7(10)5-2-1-3-6(4-5)13-8(11)12/h1-4,11-12H,9H2. The Morgan fingerprint density at radius 1 is 1.43 bits per heavy atom. The molecule has 0 radical (unpaired) electrons. The van der Waals surface area contributed by atoms with E-state index in [1.807, 2.05) is 0 Å². The average molecular weight is 197 g/mol. The zero-order valence-electron chi connectivity index (χ0n) is 7.08. The molecule has 0 aliphatic carbocycles. The summed E-state index contributed by atoms with van der Waals surface area (Å²) in [4.78, 5) is 14.9. The van der Waals surface area contributed by atoms with Crippen molar-refractivity contribution in [1.82, 2.24) is 0 Å². The van der Waals surface area contributed by atoms with Crippen LogP contribution >= 0.6 is 0 Å². The second kappa shape index (κ2) is 4.61. The second-order valence-electron chi connectivity index (χ2n) is 2.38. The molecule has 0 aliphatic rings. The summed E-state index contributed by atoms with van der Waals surface area (Å²) < 4.78 is 4.51. The number of benzene rings is 1. The van der Waals surface area contributed by atoms with Gasteiger partial charge in [-0.15, -0.1) is 0 Å². The highest BCUT2D eigenvalue weighted by molar-refractivity contribution is 6.33. The number of nitrogens with two attached hydrogens (primary N) is 1. The quantitative estimate of drug-likeness (QED) is 0.427. The van der Waals surface area contributed by atoms with Crippen LogP contribution in [0, 0.1) is 0 Å². The van der Waals surface area contributed by atoms with Crippen LogP contribution in [0.4, 0.5) is 0 Å². The predicted molar refractivity (Wildman–Crippen MR) is 46.9 cm³/mol. The number of hydrogen-bond acceptors (Lipinski definition) is 6. The van der Waals surface area contributed by atoms with Gasteiger partial charge in [-0.25, -0.2) is 4.79 Å². The molecule has 74 valence electrons. The Labute approximate surface area is 80.0 Å². The number of carbonyl (C=O) groups excluding carboxylic acids is 1. The number of rotatable bonds is 3. The molecule has 1 rings (SSSR count). The Morgan fingerprint density at radius 3 is 2.71 bits per heavy atom. The molecule has 0 saturated heterocycles. The summed E-state index contributed by atoms with van der Waals surface area (Å²) in [5, 5.41) is 17.0. The predicted octanol–water partition coefficient (Wildman–Crippen LogP) is -0.935. The molecule has 0 atom stereocenters. The summed E-state index contributed by atoms with van der Waals surface area (Å²) in [7, 11) is -1.93. The van der Waals surface area contributed by atoms with Gasteiger partial charge in [-0.3, -0.25) is 0 Å². The Bertz CT molecular complexity index is 330. The third-order valence-electron chi connectivity index (χ3n) is 1.42. The van der Waals surface area contributed by atoms with Crippen LogP contribution in [-0.2, 0) is 4.84 Å². The van der Waals surface area contributed by atoms with Crippen LogP contribution in [0.5, 0.6) is 5.75 Å². The lowest BCUT2D eigenvalue weighted by Crippen LogP contribution is -2.20. The van der Waals surface area contributed by atoms with Crippen LogP contribution in [0.25, 0.3) is 0 Å². The van der Waals surface area contributed by atoms with Crippen molar-refractivity contribution in [3.05, 3.63) is 29.8 Å². The second-order valence-corrected chi connectivity index (χ2v) is 2.38. The highest BCUT2D eigenvalue weighted by atomic mass is 16.7. The van der Waals surface area contributed by atoms with Crippen molar-refractivity contribution in [2.75, 3.05) is 0 Å². The van der Waals surface area contributed by atoms with Crippen molar-refractivity contribution in [2.45, 2.75) is 0 Å². The topological polar surface area (TPSA) is 102 Å². The highest BCUT2D eigenvalue weighted by Gasteiger charge is 2.13. The van der Waals surface area contributed by atoms with E-state index in [2.05, 4.69) is 15.4 Å². The smallest absolute Gasteiger partial charge is 0.512 e. The summed E-state index contributed by atoms with van der Waals surface area (Å²) >= 11 is 0. The van der Waals surface area contributed by atoms with Crippen LogP contribution in [0.2, 0.25) is 0 Å². The van der Waals surface area contributed by atoms with Crippen LogP contribution in [0.15, 0.2) is 24.3 Å². The molecule has 6 nitrogen and oxygen atoms in total. The van der Waals surface area contributed by atoms with Gasteiger partial charge in [0, 0.05) is 0 Å². The van der Waals surface area contributed by atoms with E-state index in [0.717, 1.165) is 0 Å². The molecular weight excluding hydrogens is 189 g/mol. The Hall–Kier alpha value is -1.57. The van der Waals surface area contributed by atoms with Crippen LogP contribution in [-0.4, -0.2) is 23.3 Å². The van der Waals surface area contributed by atoms with E-state index in [9.17, 15) is 4.79 Å². The zero-order chi connectivity index (χ0) is 10.6. The molecule has 0 fully saturated rings. The van der Waals surface area contributed by atoms with Gasteiger partial charge >= 0.3 is 13.3 Å². The molecule has 7 heteroatoms. The van der Waals surface area contributed by atoms with Gasteiger partial charge in [0.15, 0.2) is 0 Å². The highest BCUT2D eigenvalue weighted by Crippen LogP contribution is 2.13. The maximum atomic E-state index is 10.9. The fourth-order valence-electron chi connectivity index (χ4n) is 0.886. The summed E-state index contributed by atoms with van der Waals surface area (Å²) in [5.41, 5.74) is 0.158. The third kappa shape index (κ3) is 2.73. The molecule has 0 bridgehead atoms. The van der Waals surface area contributed by atoms with Crippen molar-refractivity contribution in [1.29, 1.82) is 0 Å². The van der Waals surface area contributed by atoms with Gasteiger partial charge in [-0.1, -0.05) is 6.07 Å². The Kier molecular flexibility index (Phi) is 3.46. The van der Waals surface area contributed by atoms with Crippen LogP contribution in [0.1, 0.15) is 10.4 Å². The van der Waals surface area contributed by atoms with Crippen molar-refractivity contribution in [2.24, 2.45) is 5.90 Å². The van der Waals surface area contributed by atoms with E-state index in [-0.39, 0.29) is 11.3 Å². The van der Waals surface area contributed by atoms with Gasteiger partial charge in [0.1, 0.15) is 5.75 Å². The van der Waals surface area contributed by atoms with Gasteiger partial charge in [0.2, 0.25) is 0 Å². The minimum atomic E-state index is -1.93. The first-order chi connectivity index (χ1) is 6.63. The molecule has 1 aromatic rings. The van der Waals surface area contributed by atoms with Gasteiger partial charge in [0.05, 0.1) is 5.56 Å². The Balaban J connectivity index is 2.84. The minimum absolute atomic E-state index is 0.128. The molecule has 0 heterocycles. The van der Waals surface area contributed by atoms with E-state index in [1.165, 1.54) is 24.3 Å². The van der Waals surface area contributed by atoms with E-state index in [0.29, 0.717) is 0 Å². The van der Waals surface area contributed by atoms with Crippen LogP contribution in [0.3, 0.4) is 0 Å². The van der Waals surface area contributed by atoms with Gasteiger partial charge < -0.3 is 19.5 Å². The molecule has 0 spiro atoms. The largest absolute Gasteiger partial charge is 0.707 e. The summed E-state index contributed by atoms with van der Waals surface area (Å²) in [6, 6.07) is 5.66. The Morgan fingerprint density at radius 2 is 2.14 bits per heavy atom. The van der Waals surface area contributed by atoms with Crippen molar-refractivity contribution in [3.63, 3.8) is 0 Å². The van der Waals surface area contributed by atoms with Gasteiger partial charge in [0.25, 0.3) is 0 Å². The molecule has 0 aliphatic heterocycles. The van der Waals surface area contributed by atoms with Crippen LogP contribution < -0.4 is 10.6 Å². The SMILES string of the molecule is NOC(=O)c1cccc(OB(O)O)c1. The van der Waals surface area contributed by atoms with E-state index in [1.54, 1.807) is 0 Å². The van der Waals surface area contributed by atoms with Gasteiger partial charge in [-0.05, 0) is 18.2 Å². The molecule has 0 unspecified atom stereocenters. The minimum Gasteiger partial charge on any atom is -0.512 e. The lowest BCUT2D eigenvalue weighted by atomic mass is 10.2. The maximum Gasteiger partial charge on any atom is 0.707 e. The third-order valence-corrected chi connectivity index (χ3v) is 1.42. The van der Waals surface area contributed by atoms with Gasteiger partial charge in [-0.2, -0.15) is 5.90 Å². The number of hydrogen-bond donors (Lipinski definition) is 3. The normalized spacial score (nSPS) is 9.36. The molecule has 14 heavy (non-hydrogen) atoms. The van der Waals surface area contributed by atoms with E-state index < -0.39 is 13.3 Å². The molecular formula is C7H8BNO5. The number of carbonyl (C=O) groups is 1. The first kappa shape index (κ1) is 10.5. The first-order valence-electron chi connectivity index (χ1n) is 3.67. The van der Waals surface area contributed by atoms with Crippen molar-refractivity contribution >= 4 is 13.3 Å². The first-order valence-corrected chi connectivity index (χ1v) is 3.67. The fourth-order valence-corrected chi connectivity index (χ4v) is 0.886. The van der Waals surface area contributed by atoms with E-state index in [4.69, 9.17) is 10.0 Å². The molecule has 0 saturated carbocycles. The van der Waals surface area contributed by atoms with Crippen molar-refractivity contribution in [3.8, 4) is 5.75 Å². The zero-order valence-corrected chi connectivity index (χ0v) is 7.08. The van der Waals surface area contributed by atoms with Crippen molar-refractivity contribution < 1.29 is 24.3 Å². The van der Waals surface area contributed by atoms with E-state index >= 15 is 0 Å². The summed E-state index contributed by atoms with van der Waals surface area (Å²) in [6.45, 7) is 0. The monoisotopic (exact) mass is 197 g/mol. The molecule has 1 aromatic carbocycles. The lowest BCUT2D eigenvalue weighted by Gasteiger charge is -2.05. The maximum absolute atomic E-state index is 10.9. The fraction of sp³-hybridized carbons (Fsp3) is 0. The average Bonchev–Trinajstić information content (AvgIpc) is 2.16. The summed E-state index contributed by atoms with van der Waals surface area (Å²) in [6.07, 6.45) is 0. The molecule has 0 aromatic heterocycles.